The molecule has 0 spiro atoms. The number of likely N-dealkylation sites (N-methyl/N-ethyl adjacent to an activating group) is 1. The zero-order valence-electron chi connectivity index (χ0n) is 12.0. The summed E-state index contributed by atoms with van der Waals surface area (Å²) in [5.74, 6) is 1.10. The highest BCUT2D eigenvalue weighted by molar-refractivity contribution is 5.82. The van der Waals surface area contributed by atoms with Crippen LogP contribution in [0.15, 0.2) is 0 Å². The van der Waals surface area contributed by atoms with Crippen LogP contribution in [0.25, 0.3) is 0 Å². The molecule has 0 radical (unpaired) electrons. The summed E-state index contributed by atoms with van der Waals surface area (Å²) in [6.07, 6.45) is 10.0. The van der Waals surface area contributed by atoms with Crippen LogP contribution in [0.3, 0.4) is 0 Å². The average Bonchev–Trinajstić information content (AvgIpc) is 2.43. The minimum Gasteiger partial charge on any atom is -0.338 e. The molecule has 18 heavy (non-hydrogen) atoms. The van der Waals surface area contributed by atoms with E-state index in [1.54, 1.807) is 0 Å². The maximum Gasteiger partial charge on any atom is 0.239 e. The third kappa shape index (κ3) is 2.87. The van der Waals surface area contributed by atoms with E-state index in [0.29, 0.717) is 11.9 Å². The Labute approximate surface area is 111 Å². The summed E-state index contributed by atoms with van der Waals surface area (Å²) in [4.78, 5) is 14.7. The molecule has 1 N–H and O–H groups in total. The summed E-state index contributed by atoms with van der Waals surface area (Å²) in [7, 11) is 1.91. The van der Waals surface area contributed by atoms with Gasteiger partial charge in [-0.1, -0.05) is 26.2 Å². The second kappa shape index (κ2) is 6.55. The Balaban J connectivity index is 2.03. The lowest BCUT2D eigenvalue weighted by molar-refractivity contribution is -0.140. The number of nitrogens with zero attached hydrogens (tertiary/aromatic N) is 1. The van der Waals surface area contributed by atoms with Crippen molar-refractivity contribution < 1.29 is 4.79 Å². The number of nitrogens with one attached hydrogen (secondary N) is 1. The molecule has 2 rings (SSSR count). The van der Waals surface area contributed by atoms with Crippen molar-refractivity contribution in [3.8, 4) is 0 Å². The van der Waals surface area contributed by atoms with E-state index in [1.807, 2.05) is 7.05 Å². The lowest BCUT2D eigenvalue weighted by Crippen LogP contribution is -2.55. The highest BCUT2D eigenvalue weighted by atomic mass is 16.2. The first kappa shape index (κ1) is 13.9. The fourth-order valence-electron chi connectivity index (χ4n) is 3.82. The van der Waals surface area contributed by atoms with Crippen LogP contribution in [0.4, 0.5) is 0 Å². The summed E-state index contributed by atoms with van der Waals surface area (Å²) in [6.45, 7) is 3.22. The molecular weight excluding hydrogens is 224 g/mol. The Hall–Kier alpha value is -0.570. The molecule has 1 heterocycles. The Morgan fingerprint density at radius 1 is 1.22 bits per heavy atom. The molecule has 1 amide bonds. The van der Waals surface area contributed by atoms with E-state index in [4.69, 9.17) is 0 Å². The van der Waals surface area contributed by atoms with Gasteiger partial charge >= 0.3 is 0 Å². The van der Waals surface area contributed by atoms with E-state index >= 15 is 0 Å². The average molecular weight is 252 g/mol. The van der Waals surface area contributed by atoms with Crippen LogP contribution in [0, 0.1) is 5.92 Å². The van der Waals surface area contributed by atoms with Crippen molar-refractivity contribution in [2.75, 3.05) is 13.6 Å². The molecule has 0 aromatic heterocycles. The molecule has 2 atom stereocenters. The molecule has 0 aromatic carbocycles. The quantitative estimate of drug-likeness (QED) is 0.834. The smallest absolute Gasteiger partial charge is 0.239 e. The van der Waals surface area contributed by atoms with Gasteiger partial charge in [0.2, 0.25) is 5.91 Å². The first-order valence-electron chi connectivity index (χ1n) is 7.75. The van der Waals surface area contributed by atoms with Crippen molar-refractivity contribution in [1.82, 2.24) is 10.2 Å². The number of carbonyl (C=O) groups is 1. The van der Waals surface area contributed by atoms with Gasteiger partial charge in [-0.05, 0) is 45.1 Å². The number of amides is 1. The fraction of sp³-hybridized carbons (Fsp3) is 0.933. The van der Waals surface area contributed by atoms with Gasteiger partial charge < -0.3 is 10.2 Å². The summed E-state index contributed by atoms with van der Waals surface area (Å²) in [6, 6.07) is 0.561. The molecule has 2 unspecified atom stereocenters. The van der Waals surface area contributed by atoms with Crippen LogP contribution in [0.2, 0.25) is 0 Å². The van der Waals surface area contributed by atoms with Crippen LogP contribution in [0.5, 0.6) is 0 Å². The monoisotopic (exact) mass is 252 g/mol. The lowest BCUT2D eigenvalue weighted by Gasteiger charge is -2.42. The van der Waals surface area contributed by atoms with E-state index in [9.17, 15) is 4.79 Å². The van der Waals surface area contributed by atoms with Gasteiger partial charge in [-0.2, -0.15) is 0 Å². The first-order chi connectivity index (χ1) is 8.77. The van der Waals surface area contributed by atoms with Crippen LogP contribution in [0.1, 0.15) is 58.3 Å². The first-order valence-corrected chi connectivity index (χ1v) is 7.75. The normalized spacial score (nSPS) is 28.4. The van der Waals surface area contributed by atoms with Crippen LogP contribution >= 0.6 is 0 Å². The van der Waals surface area contributed by atoms with Gasteiger partial charge in [0.05, 0.1) is 6.04 Å². The predicted molar refractivity (Wildman–Crippen MR) is 74.4 cm³/mol. The zero-order valence-corrected chi connectivity index (χ0v) is 12.0. The summed E-state index contributed by atoms with van der Waals surface area (Å²) < 4.78 is 0. The molecule has 3 nitrogen and oxygen atoms in total. The number of likely N-dealkylation sites (tertiary alicyclic amines) is 1. The Bertz CT molecular complexity index is 274. The molecule has 0 bridgehead atoms. The maximum absolute atomic E-state index is 12.5. The molecular formula is C15H28N2O. The van der Waals surface area contributed by atoms with Gasteiger partial charge in [0.25, 0.3) is 0 Å². The van der Waals surface area contributed by atoms with Crippen molar-refractivity contribution in [1.29, 1.82) is 0 Å². The second-order valence-electron chi connectivity index (χ2n) is 5.89. The summed E-state index contributed by atoms with van der Waals surface area (Å²) >= 11 is 0. The van der Waals surface area contributed by atoms with Crippen molar-refractivity contribution >= 4 is 5.91 Å². The van der Waals surface area contributed by atoms with Gasteiger partial charge in [0.1, 0.15) is 0 Å². The van der Waals surface area contributed by atoms with E-state index in [1.165, 1.54) is 32.1 Å². The minimum atomic E-state index is 0.0661. The summed E-state index contributed by atoms with van der Waals surface area (Å²) in [5.41, 5.74) is 0. The van der Waals surface area contributed by atoms with Crippen molar-refractivity contribution in [2.45, 2.75) is 70.4 Å². The highest BCUT2D eigenvalue weighted by Gasteiger charge is 2.35. The van der Waals surface area contributed by atoms with Crippen LogP contribution in [-0.4, -0.2) is 36.5 Å². The van der Waals surface area contributed by atoms with E-state index in [-0.39, 0.29) is 6.04 Å². The predicted octanol–water partition coefficient (Wildman–Crippen LogP) is 2.56. The summed E-state index contributed by atoms with van der Waals surface area (Å²) in [5, 5.41) is 3.17. The molecule has 0 aromatic rings. The molecule has 1 aliphatic heterocycles. The molecule has 1 saturated carbocycles. The van der Waals surface area contributed by atoms with Crippen molar-refractivity contribution in [2.24, 2.45) is 5.92 Å². The molecule has 2 fully saturated rings. The number of carbonyl (C=O) groups excluding carboxylic acids is 1. The maximum atomic E-state index is 12.5. The van der Waals surface area contributed by atoms with Crippen molar-refractivity contribution in [3.05, 3.63) is 0 Å². The van der Waals surface area contributed by atoms with Gasteiger partial charge in [-0.25, -0.2) is 0 Å². The third-order valence-electron chi connectivity index (χ3n) is 4.83. The highest BCUT2D eigenvalue weighted by Crippen LogP contribution is 2.32. The number of piperidine rings is 1. The van der Waals surface area contributed by atoms with Gasteiger partial charge in [0.15, 0.2) is 0 Å². The van der Waals surface area contributed by atoms with E-state index < -0.39 is 0 Å². The Morgan fingerprint density at radius 2 is 1.94 bits per heavy atom. The standard InChI is InChI=1S/C15H28N2O/c1-3-14(12-8-5-4-6-9-12)17-11-7-10-13(16-2)15(17)18/h12-14,16H,3-11H2,1-2H3. The SMILES string of the molecule is CCC(C1CCCCC1)N1CCCC(NC)C1=O. The van der Waals surface area contributed by atoms with Gasteiger partial charge in [-0.15, -0.1) is 0 Å². The topological polar surface area (TPSA) is 32.3 Å². The molecule has 104 valence electrons. The molecule has 2 aliphatic rings. The van der Waals surface area contributed by atoms with E-state index in [0.717, 1.165) is 31.7 Å². The van der Waals surface area contributed by atoms with Gasteiger partial charge in [-0.3, -0.25) is 4.79 Å². The van der Waals surface area contributed by atoms with Crippen LogP contribution < -0.4 is 5.32 Å². The van der Waals surface area contributed by atoms with Gasteiger partial charge in [0, 0.05) is 12.6 Å². The number of hydrogen-bond donors (Lipinski definition) is 1. The Morgan fingerprint density at radius 3 is 2.56 bits per heavy atom. The minimum absolute atomic E-state index is 0.0661. The largest absolute Gasteiger partial charge is 0.338 e. The molecule has 1 aliphatic carbocycles. The number of rotatable bonds is 4. The Kier molecular flexibility index (Phi) is 5.04. The van der Waals surface area contributed by atoms with Crippen LogP contribution in [-0.2, 0) is 4.79 Å². The fourth-order valence-corrected chi connectivity index (χ4v) is 3.82. The number of hydrogen-bond acceptors (Lipinski definition) is 2. The zero-order chi connectivity index (χ0) is 13.0. The molecule has 1 saturated heterocycles. The second-order valence-corrected chi connectivity index (χ2v) is 5.89. The van der Waals surface area contributed by atoms with Crippen molar-refractivity contribution in [3.63, 3.8) is 0 Å². The van der Waals surface area contributed by atoms with E-state index in [2.05, 4.69) is 17.1 Å². The lowest BCUT2D eigenvalue weighted by atomic mass is 9.81. The molecule has 3 heteroatoms. The third-order valence-corrected chi connectivity index (χ3v) is 4.83.